The van der Waals surface area contributed by atoms with E-state index in [0.717, 1.165) is 12.1 Å². The van der Waals surface area contributed by atoms with Gasteiger partial charge in [0, 0.05) is 12.4 Å². The van der Waals surface area contributed by atoms with Crippen LogP contribution < -0.4 is 5.32 Å². The Balaban J connectivity index is 2.31. The summed E-state index contributed by atoms with van der Waals surface area (Å²) in [5, 5.41) is 7.09. The standard InChI is InChI=1S/C11H14N4O/c1-3-13-10(9-5-4-6-12-7-9)11-14-8(2)15-16-11/h4-7,10,13H,3H2,1-2H3. The first kappa shape index (κ1) is 10.8. The minimum absolute atomic E-state index is 0.0834. The van der Waals surface area contributed by atoms with Crippen molar-refractivity contribution in [3.8, 4) is 0 Å². The maximum absolute atomic E-state index is 5.18. The van der Waals surface area contributed by atoms with Gasteiger partial charge in [-0.15, -0.1) is 0 Å². The van der Waals surface area contributed by atoms with Crippen molar-refractivity contribution in [1.29, 1.82) is 0 Å². The molecule has 0 bridgehead atoms. The van der Waals surface area contributed by atoms with E-state index in [0.29, 0.717) is 11.7 Å². The van der Waals surface area contributed by atoms with Crippen molar-refractivity contribution < 1.29 is 4.52 Å². The van der Waals surface area contributed by atoms with E-state index >= 15 is 0 Å². The zero-order valence-electron chi connectivity index (χ0n) is 9.34. The molecule has 0 saturated heterocycles. The third kappa shape index (κ3) is 2.25. The van der Waals surface area contributed by atoms with Crippen LogP contribution in [0.4, 0.5) is 0 Å². The summed E-state index contributed by atoms with van der Waals surface area (Å²) in [6, 6.07) is 3.79. The van der Waals surface area contributed by atoms with Crippen molar-refractivity contribution in [3.05, 3.63) is 41.8 Å². The van der Waals surface area contributed by atoms with Crippen LogP contribution in [0.25, 0.3) is 0 Å². The zero-order valence-corrected chi connectivity index (χ0v) is 9.34. The number of aromatic nitrogens is 3. The molecule has 0 radical (unpaired) electrons. The zero-order chi connectivity index (χ0) is 11.4. The molecule has 0 aliphatic heterocycles. The lowest BCUT2D eigenvalue weighted by molar-refractivity contribution is 0.347. The number of rotatable bonds is 4. The Hall–Kier alpha value is -1.75. The summed E-state index contributed by atoms with van der Waals surface area (Å²) >= 11 is 0. The fraction of sp³-hybridized carbons (Fsp3) is 0.364. The molecule has 0 saturated carbocycles. The molecule has 2 heterocycles. The molecule has 5 heteroatoms. The van der Waals surface area contributed by atoms with Gasteiger partial charge in [-0.1, -0.05) is 18.1 Å². The van der Waals surface area contributed by atoms with Crippen molar-refractivity contribution >= 4 is 0 Å². The lowest BCUT2D eigenvalue weighted by Gasteiger charge is -2.12. The molecule has 2 aromatic rings. The lowest BCUT2D eigenvalue weighted by atomic mass is 10.1. The molecule has 5 nitrogen and oxygen atoms in total. The normalized spacial score (nSPS) is 12.6. The van der Waals surface area contributed by atoms with Gasteiger partial charge < -0.3 is 9.84 Å². The molecule has 0 spiro atoms. The van der Waals surface area contributed by atoms with Crippen molar-refractivity contribution in [2.45, 2.75) is 19.9 Å². The molecular weight excluding hydrogens is 204 g/mol. The van der Waals surface area contributed by atoms with Gasteiger partial charge in [-0.25, -0.2) is 0 Å². The molecule has 1 atom stereocenters. The molecule has 0 aliphatic rings. The minimum Gasteiger partial charge on any atom is -0.337 e. The Morgan fingerprint density at radius 1 is 1.50 bits per heavy atom. The highest BCUT2D eigenvalue weighted by Crippen LogP contribution is 2.19. The average molecular weight is 218 g/mol. The SMILES string of the molecule is CCNC(c1cccnc1)c1nc(C)no1. The van der Waals surface area contributed by atoms with Crippen LogP contribution in [0.3, 0.4) is 0 Å². The second-order valence-corrected chi connectivity index (χ2v) is 3.46. The number of aryl methyl sites for hydroxylation is 1. The summed E-state index contributed by atoms with van der Waals surface area (Å²) < 4.78 is 5.18. The highest BCUT2D eigenvalue weighted by Gasteiger charge is 2.19. The van der Waals surface area contributed by atoms with Gasteiger partial charge in [0.15, 0.2) is 5.82 Å². The van der Waals surface area contributed by atoms with E-state index in [1.807, 2.05) is 19.1 Å². The first-order valence-corrected chi connectivity index (χ1v) is 5.24. The number of nitrogens with one attached hydrogen (secondary N) is 1. The summed E-state index contributed by atoms with van der Waals surface area (Å²) in [5.41, 5.74) is 1.02. The topological polar surface area (TPSA) is 63.8 Å². The lowest BCUT2D eigenvalue weighted by Crippen LogP contribution is -2.22. The summed E-state index contributed by atoms with van der Waals surface area (Å²) in [5.74, 6) is 1.22. The van der Waals surface area contributed by atoms with Crippen LogP contribution in [-0.4, -0.2) is 21.7 Å². The fourth-order valence-electron chi connectivity index (χ4n) is 1.53. The Kier molecular flexibility index (Phi) is 3.26. The predicted octanol–water partition coefficient (Wildman–Crippen LogP) is 1.47. The van der Waals surface area contributed by atoms with Gasteiger partial charge in [0.2, 0.25) is 5.89 Å². The van der Waals surface area contributed by atoms with Crippen LogP contribution in [0.5, 0.6) is 0 Å². The molecule has 1 N–H and O–H groups in total. The summed E-state index contributed by atoms with van der Waals surface area (Å²) in [6.45, 7) is 4.66. The summed E-state index contributed by atoms with van der Waals surface area (Å²) in [4.78, 5) is 8.33. The molecule has 0 aromatic carbocycles. The van der Waals surface area contributed by atoms with Gasteiger partial charge in [-0.05, 0) is 25.1 Å². The van der Waals surface area contributed by atoms with Gasteiger partial charge in [-0.3, -0.25) is 4.98 Å². The van der Waals surface area contributed by atoms with Crippen LogP contribution in [-0.2, 0) is 0 Å². The van der Waals surface area contributed by atoms with E-state index in [4.69, 9.17) is 4.52 Å². The average Bonchev–Trinajstić information content (AvgIpc) is 2.74. The van der Waals surface area contributed by atoms with E-state index in [-0.39, 0.29) is 6.04 Å². The molecule has 2 aromatic heterocycles. The smallest absolute Gasteiger partial charge is 0.248 e. The van der Waals surface area contributed by atoms with Crippen molar-refractivity contribution in [2.24, 2.45) is 0 Å². The van der Waals surface area contributed by atoms with Gasteiger partial charge in [0.25, 0.3) is 0 Å². The molecule has 0 amide bonds. The van der Waals surface area contributed by atoms with E-state index in [1.54, 1.807) is 19.3 Å². The second-order valence-electron chi connectivity index (χ2n) is 3.46. The van der Waals surface area contributed by atoms with Crippen LogP contribution in [0.15, 0.2) is 29.0 Å². The largest absolute Gasteiger partial charge is 0.337 e. The van der Waals surface area contributed by atoms with E-state index in [9.17, 15) is 0 Å². The fourth-order valence-corrected chi connectivity index (χ4v) is 1.53. The third-order valence-electron chi connectivity index (χ3n) is 2.22. The number of hydrogen-bond acceptors (Lipinski definition) is 5. The molecule has 2 rings (SSSR count). The third-order valence-corrected chi connectivity index (χ3v) is 2.22. The van der Waals surface area contributed by atoms with Gasteiger partial charge in [0.05, 0.1) is 0 Å². The Bertz CT molecular complexity index is 440. The van der Waals surface area contributed by atoms with E-state index in [1.165, 1.54) is 0 Å². The van der Waals surface area contributed by atoms with Crippen LogP contribution in [0.1, 0.15) is 30.2 Å². The van der Waals surface area contributed by atoms with Gasteiger partial charge in [0.1, 0.15) is 6.04 Å². The van der Waals surface area contributed by atoms with Crippen LogP contribution >= 0.6 is 0 Å². The van der Waals surface area contributed by atoms with Crippen LogP contribution in [0, 0.1) is 6.92 Å². The number of hydrogen-bond donors (Lipinski definition) is 1. The Labute approximate surface area is 93.9 Å². The maximum atomic E-state index is 5.18. The van der Waals surface area contributed by atoms with Crippen molar-refractivity contribution in [3.63, 3.8) is 0 Å². The minimum atomic E-state index is -0.0834. The monoisotopic (exact) mass is 218 g/mol. The first-order chi connectivity index (χ1) is 7.81. The molecule has 84 valence electrons. The van der Waals surface area contributed by atoms with Crippen molar-refractivity contribution in [2.75, 3.05) is 6.54 Å². The molecular formula is C11H14N4O. The molecule has 0 fully saturated rings. The maximum Gasteiger partial charge on any atom is 0.248 e. The van der Waals surface area contributed by atoms with Gasteiger partial charge >= 0.3 is 0 Å². The molecule has 16 heavy (non-hydrogen) atoms. The highest BCUT2D eigenvalue weighted by molar-refractivity contribution is 5.19. The molecule has 0 aliphatic carbocycles. The quantitative estimate of drug-likeness (QED) is 0.842. The van der Waals surface area contributed by atoms with E-state index < -0.39 is 0 Å². The predicted molar refractivity (Wildman–Crippen MR) is 58.8 cm³/mol. The highest BCUT2D eigenvalue weighted by atomic mass is 16.5. The van der Waals surface area contributed by atoms with Gasteiger partial charge in [-0.2, -0.15) is 4.98 Å². The Morgan fingerprint density at radius 3 is 2.94 bits per heavy atom. The first-order valence-electron chi connectivity index (χ1n) is 5.24. The summed E-state index contributed by atoms with van der Waals surface area (Å²) in [7, 11) is 0. The second kappa shape index (κ2) is 4.85. The van der Waals surface area contributed by atoms with E-state index in [2.05, 4.69) is 20.4 Å². The van der Waals surface area contributed by atoms with Crippen molar-refractivity contribution in [1.82, 2.24) is 20.4 Å². The summed E-state index contributed by atoms with van der Waals surface area (Å²) in [6.07, 6.45) is 3.54. The Morgan fingerprint density at radius 2 is 2.38 bits per heavy atom. The number of pyridine rings is 1. The molecule has 1 unspecified atom stereocenters. The van der Waals surface area contributed by atoms with Crippen LogP contribution in [0.2, 0.25) is 0 Å². The number of nitrogens with zero attached hydrogens (tertiary/aromatic N) is 3.